The quantitative estimate of drug-likeness (QED) is 0.829. The SMILES string of the molecule is CCC1CC(N2CCC(OCCN3CCC(O)CC3)CC2)=NO1. The van der Waals surface area contributed by atoms with Gasteiger partial charge in [0, 0.05) is 39.1 Å². The van der Waals surface area contributed by atoms with Crippen molar-refractivity contribution in [3.63, 3.8) is 0 Å². The van der Waals surface area contributed by atoms with E-state index >= 15 is 0 Å². The summed E-state index contributed by atoms with van der Waals surface area (Å²) >= 11 is 0. The highest BCUT2D eigenvalue weighted by atomic mass is 16.6. The minimum Gasteiger partial charge on any atom is -0.393 e. The summed E-state index contributed by atoms with van der Waals surface area (Å²) < 4.78 is 6.06. The van der Waals surface area contributed by atoms with Crippen molar-refractivity contribution in [1.29, 1.82) is 0 Å². The molecule has 1 atom stereocenters. The fraction of sp³-hybridized carbons (Fsp3) is 0.941. The topological polar surface area (TPSA) is 57.5 Å². The average Bonchev–Trinajstić information content (AvgIpc) is 3.06. The number of nitrogens with zero attached hydrogens (tertiary/aromatic N) is 3. The molecule has 6 heteroatoms. The fourth-order valence-electron chi connectivity index (χ4n) is 3.59. The lowest BCUT2D eigenvalue weighted by Crippen LogP contribution is -2.42. The molecule has 0 saturated carbocycles. The molecule has 1 unspecified atom stereocenters. The number of likely N-dealkylation sites (tertiary alicyclic amines) is 2. The van der Waals surface area contributed by atoms with Crippen LogP contribution in [0.3, 0.4) is 0 Å². The summed E-state index contributed by atoms with van der Waals surface area (Å²) in [6, 6.07) is 0. The van der Waals surface area contributed by atoms with Gasteiger partial charge >= 0.3 is 0 Å². The first-order valence-electron chi connectivity index (χ1n) is 9.24. The molecular formula is C17H31N3O3. The number of hydrogen-bond acceptors (Lipinski definition) is 6. The molecule has 3 aliphatic heterocycles. The zero-order valence-electron chi connectivity index (χ0n) is 14.3. The van der Waals surface area contributed by atoms with E-state index in [1.54, 1.807) is 0 Å². The number of rotatable bonds is 5. The molecule has 0 aromatic carbocycles. The summed E-state index contributed by atoms with van der Waals surface area (Å²) in [6.45, 7) is 8.00. The van der Waals surface area contributed by atoms with E-state index in [2.05, 4.69) is 21.9 Å². The second kappa shape index (κ2) is 8.31. The molecule has 3 heterocycles. The van der Waals surface area contributed by atoms with Crippen molar-refractivity contribution < 1.29 is 14.7 Å². The Morgan fingerprint density at radius 3 is 2.57 bits per heavy atom. The van der Waals surface area contributed by atoms with Crippen molar-refractivity contribution in [3.8, 4) is 0 Å². The van der Waals surface area contributed by atoms with Gasteiger partial charge in [-0.1, -0.05) is 12.1 Å². The zero-order valence-corrected chi connectivity index (χ0v) is 14.3. The van der Waals surface area contributed by atoms with Gasteiger partial charge in [0.15, 0.2) is 0 Å². The number of amidine groups is 1. The summed E-state index contributed by atoms with van der Waals surface area (Å²) in [4.78, 5) is 10.2. The molecule has 2 fully saturated rings. The van der Waals surface area contributed by atoms with Gasteiger partial charge in [-0.3, -0.25) is 0 Å². The summed E-state index contributed by atoms with van der Waals surface area (Å²) in [5.74, 6) is 1.13. The van der Waals surface area contributed by atoms with Crippen LogP contribution in [0.25, 0.3) is 0 Å². The number of ether oxygens (including phenoxy) is 1. The Morgan fingerprint density at radius 2 is 1.91 bits per heavy atom. The van der Waals surface area contributed by atoms with Gasteiger partial charge in [0.25, 0.3) is 0 Å². The van der Waals surface area contributed by atoms with Crippen LogP contribution in [0.15, 0.2) is 5.16 Å². The highest BCUT2D eigenvalue weighted by Gasteiger charge is 2.28. The van der Waals surface area contributed by atoms with Crippen molar-refractivity contribution in [3.05, 3.63) is 0 Å². The second-order valence-electron chi connectivity index (χ2n) is 6.98. The third-order valence-electron chi connectivity index (χ3n) is 5.30. The lowest BCUT2D eigenvalue weighted by atomic mass is 10.1. The van der Waals surface area contributed by atoms with Gasteiger partial charge in [0.2, 0.25) is 0 Å². The molecule has 0 amide bonds. The van der Waals surface area contributed by atoms with Gasteiger partial charge in [-0.15, -0.1) is 0 Å². The van der Waals surface area contributed by atoms with Crippen molar-refractivity contribution in [2.45, 2.75) is 63.8 Å². The Labute approximate surface area is 139 Å². The highest BCUT2D eigenvalue weighted by molar-refractivity contribution is 5.83. The van der Waals surface area contributed by atoms with Gasteiger partial charge in [-0.25, -0.2) is 0 Å². The zero-order chi connectivity index (χ0) is 16.1. The summed E-state index contributed by atoms with van der Waals surface area (Å²) in [6.07, 6.45) is 6.52. The van der Waals surface area contributed by atoms with Crippen LogP contribution in [-0.2, 0) is 9.57 Å². The molecule has 0 spiro atoms. The Morgan fingerprint density at radius 1 is 1.17 bits per heavy atom. The standard InChI is InChI=1S/C17H31N3O3/c1-2-15-13-17(18-23-15)20-9-5-16(6-10-20)22-12-11-19-7-3-14(21)4-8-19/h14-16,21H,2-13H2,1H3. The Hall–Kier alpha value is -0.850. The summed E-state index contributed by atoms with van der Waals surface area (Å²) in [5, 5.41) is 13.8. The molecule has 132 valence electrons. The minimum atomic E-state index is -0.0914. The fourth-order valence-corrected chi connectivity index (χ4v) is 3.59. The van der Waals surface area contributed by atoms with Gasteiger partial charge < -0.3 is 24.5 Å². The van der Waals surface area contributed by atoms with Gasteiger partial charge in [-0.2, -0.15) is 0 Å². The first kappa shape index (κ1) is 17.0. The molecule has 23 heavy (non-hydrogen) atoms. The van der Waals surface area contributed by atoms with Crippen LogP contribution in [0.4, 0.5) is 0 Å². The maximum atomic E-state index is 9.52. The molecule has 1 N–H and O–H groups in total. The van der Waals surface area contributed by atoms with Crippen LogP contribution >= 0.6 is 0 Å². The van der Waals surface area contributed by atoms with Crippen molar-refractivity contribution >= 4 is 5.84 Å². The smallest absolute Gasteiger partial charge is 0.148 e. The van der Waals surface area contributed by atoms with Crippen molar-refractivity contribution in [2.75, 3.05) is 39.3 Å². The third-order valence-corrected chi connectivity index (χ3v) is 5.30. The van der Waals surface area contributed by atoms with E-state index in [0.29, 0.717) is 6.10 Å². The summed E-state index contributed by atoms with van der Waals surface area (Å²) in [7, 11) is 0. The number of aliphatic hydroxyl groups excluding tert-OH is 1. The van der Waals surface area contributed by atoms with E-state index in [0.717, 1.165) is 83.7 Å². The number of oxime groups is 1. The van der Waals surface area contributed by atoms with E-state index in [4.69, 9.17) is 9.57 Å². The van der Waals surface area contributed by atoms with Crippen LogP contribution in [0.1, 0.15) is 45.4 Å². The molecule has 0 aliphatic carbocycles. The molecule has 0 bridgehead atoms. The van der Waals surface area contributed by atoms with Gasteiger partial charge in [0.05, 0.1) is 18.8 Å². The van der Waals surface area contributed by atoms with Gasteiger partial charge in [-0.05, 0) is 32.1 Å². The van der Waals surface area contributed by atoms with E-state index in [1.165, 1.54) is 0 Å². The largest absolute Gasteiger partial charge is 0.393 e. The second-order valence-corrected chi connectivity index (χ2v) is 6.98. The van der Waals surface area contributed by atoms with E-state index in [9.17, 15) is 5.11 Å². The Kier molecular flexibility index (Phi) is 6.14. The Bertz CT molecular complexity index is 389. The molecule has 0 aromatic heterocycles. The highest BCUT2D eigenvalue weighted by Crippen LogP contribution is 2.21. The summed E-state index contributed by atoms with van der Waals surface area (Å²) in [5.41, 5.74) is 0. The van der Waals surface area contributed by atoms with Crippen LogP contribution < -0.4 is 0 Å². The van der Waals surface area contributed by atoms with Crippen LogP contribution in [0.2, 0.25) is 0 Å². The molecule has 0 aromatic rings. The molecule has 0 radical (unpaired) electrons. The van der Waals surface area contributed by atoms with E-state index in [-0.39, 0.29) is 12.2 Å². The lowest BCUT2D eigenvalue weighted by molar-refractivity contribution is -0.000534. The van der Waals surface area contributed by atoms with Gasteiger partial charge in [0.1, 0.15) is 11.9 Å². The van der Waals surface area contributed by atoms with Crippen molar-refractivity contribution in [2.24, 2.45) is 5.16 Å². The third kappa shape index (κ3) is 4.81. The number of hydrogen-bond donors (Lipinski definition) is 1. The predicted molar refractivity (Wildman–Crippen MR) is 89.4 cm³/mol. The first-order chi connectivity index (χ1) is 11.2. The molecule has 2 saturated heterocycles. The molecule has 3 rings (SSSR count). The van der Waals surface area contributed by atoms with E-state index in [1.807, 2.05) is 0 Å². The monoisotopic (exact) mass is 325 g/mol. The van der Waals surface area contributed by atoms with Crippen LogP contribution in [-0.4, -0.2) is 78.4 Å². The Balaban J connectivity index is 1.29. The maximum Gasteiger partial charge on any atom is 0.148 e. The number of piperidine rings is 2. The lowest BCUT2D eigenvalue weighted by Gasteiger charge is -2.34. The van der Waals surface area contributed by atoms with Crippen LogP contribution in [0, 0.1) is 0 Å². The molecule has 3 aliphatic rings. The predicted octanol–water partition coefficient (Wildman–Crippen LogP) is 1.44. The average molecular weight is 325 g/mol. The van der Waals surface area contributed by atoms with Crippen molar-refractivity contribution in [1.82, 2.24) is 9.80 Å². The van der Waals surface area contributed by atoms with Crippen LogP contribution in [0.5, 0.6) is 0 Å². The van der Waals surface area contributed by atoms with E-state index < -0.39 is 0 Å². The molecular weight excluding hydrogens is 294 g/mol. The maximum absolute atomic E-state index is 9.52. The molecule has 6 nitrogen and oxygen atoms in total. The first-order valence-corrected chi connectivity index (χ1v) is 9.24. The normalized spacial score (nSPS) is 28.0. The number of aliphatic hydroxyl groups is 1. The minimum absolute atomic E-state index is 0.0914.